The molecule has 4 heterocycles. The van der Waals surface area contributed by atoms with E-state index in [2.05, 4.69) is 144 Å². The third-order valence-electron chi connectivity index (χ3n) is 9.47. The van der Waals surface area contributed by atoms with Crippen molar-refractivity contribution < 1.29 is 0 Å². The van der Waals surface area contributed by atoms with E-state index in [0.717, 1.165) is 55.7 Å². The van der Waals surface area contributed by atoms with Gasteiger partial charge in [0, 0.05) is 23.2 Å². The molecule has 0 amide bonds. The molecule has 0 bridgehead atoms. The van der Waals surface area contributed by atoms with Gasteiger partial charge in [0.05, 0.1) is 28.0 Å². The van der Waals surface area contributed by atoms with E-state index in [9.17, 15) is 0 Å². The molecule has 0 unspecified atom stereocenters. The highest BCUT2D eigenvalue weighted by Gasteiger charge is 2.45. The van der Waals surface area contributed by atoms with Crippen LogP contribution in [0.25, 0.3) is 50.3 Å². The molecular weight excluding hydrogens is 627 g/mol. The van der Waals surface area contributed by atoms with Gasteiger partial charge >= 0.3 is 0 Å². The van der Waals surface area contributed by atoms with Crippen molar-refractivity contribution in [2.75, 3.05) is 0 Å². The summed E-state index contributed by atoms with van der Waals surface area (Å²) < 4.78 is 2.30. The lowest BCUT2D eigenvalue weighted by Crippen LogP contribution is -2.76. The molecule has 0 N–H and O–H groups in total. The van der Waals surface area contributed by atoms with Crippen LogP contribution in [0.2, 0.25) is 0 Å². The Balaban J connectivity index is 1.52. The van der Waals surface area contributed by atoms with Crippen LogP contribution in [-0.2, 0) is 0 Å². The molecule has 0 atom stereocenters. The van der Waals surface area contributed by atoms with Crippen LogP contribution in [0.5, 0.6) is 0 Å². The van der Waals surface area contributed by atoms with Crippen molar-refractivity contribution in [1.82, 2.24) is 24.5 Å². The van der Waals surface area contributed by atoms with Crippen molar-refractivity contribution in [3.05, 3.63) is 188 Å². The molecule has 9 rings (SSSR count). The van der Waals surface area contributed by atoms with Crippen LogP contribution in [0, 0.1) is 0 Å². The minimum absolute atomic E-state index is 0.742. The monoisotopic (exact) mass is 657 g/mol. The topological polar surface area (TPSA) is 56.5 Å². The zero-order valence-electron chi connectivity index (χ0n) is 27.1. The second-order valence-corrected chi connectivity index (χ2v) is 15.9. The number of para-hydroxylation sites is 2. The van der Waals surface area contributed by atoms with E-state index < -0.39 is 8.07 Å². The lowest BCUT2D eigenvalue weighted by Gasteiger charge is -2.33. The quantitative estimate of drug-likeness (QED) is 0.136. The van der Waals surface area contributed by atoms with Gasteiger partial charge in [-0.05, 0) is 52.0 Å². The minimum atomic E-state index is -3.15. The summed E-state index contributed by atoms with van der Waals surface area (Å²) in [6.45, 7) is 0. The van der Waals surface area contributed by atoms with Gasteiger partial charge in [-0.15, -0.1) is 0 Å². The molecule has 0 saturated heterocycles. The molecule has 0 aliphatic heterocycles. The molecule has 5 aromatic carbocycles. The highest BCUT2D eigenvalue weighted by atomic mass is 28.3. The average Bonchev–Trinajstić information content (AvgIpc) is 3.54. The van der Waals surface area contributed by atoms with Gasteiger partial charge in [-0.1, -0.05) is 140 Å². The first kappa shape index (κ1) is 29.6. The molecular formula is C44H31N5Si. The van der Waals surface area contributed by atoms with Gasteiger partial charge < -0.3 is 0 Å². The number of nitrogens with zero attached hydrogens (tertiary/aromatic N) is 5. The lowest BCUT2D eigenvalue weighted by molar-refractivity contribution is 1.06. The molecule has 236 valence electrons. The van der Waals surface area contributed by atoms with Gasteiger partial charge in [0.2, 0.25) is 8.07 Å². The lowest BCUT2D eigenvalue weighted by atomic mass is 10.1. The number of pyridine rings is 2. The van der Waals surface area contributed by atoms with Crippen LogP contribution in [0.1, 0.15) is 0 Å². The average molecular weight is 658 g/mol. The molecule has 0 fully saturated rings. The van der Waals surface area contributed by atoms with Crippen LogP contribution in [0.4, 0.5) is 0 Å². The van der Waals surface area contributed by atoms with Crippen molar-refractivity contribution in [2.45, 2.75) is 0 Å². The molecule has 6 heteroatoms. The highest BCUT2D eigenvalue weighted by Crippen LogP contribution is 2.38. The van der Waals surface area contributed by atoms with Crippen LogP contribution in [0.15, 0.2) is 188 Å². The number of aromatic nitrogens is 5. The van der Waals surface area contributed by atoms with Crippen molar-refractivity contribution >= 4 is 50.9 Å². The molecule has 50 heavy (non-hydrogen) atoms. The SMILES string of the molecule is c1ccc([Si](c2ccccc2)(c2ccccc2)c2nc(-c3ccccn3)c(-c3ccccn3)c(-n3c4ccccc4c4ccccc43)n2)cc1. The van der Waals surface area contributed by atoms with Crippen molar-refractivity contribution in [3.8, 4) is 28.5 Å². The molecule has 9 aromatic rings. The second-order valence-electron chi connectivity index (χ2n) is 12.2. The van der Waals surface area contributed by atoms with Gasteiger partial charge in [0.15, 0.2) is 5.82 Å². The smallest absolute Gasteiger partial charge is 0.226 e. The summed E-state index contributed by atoms with van der Waals surface area (Å²) in [4.78, 5) is 21.3. The molecule has 0 radical (unpaired) electrons. The van der Waals surface area contributed by atoms with E-state index in [1.807, 2.05) is 48.8 Å². The number of hydrogen-bond donors (Lipinski definition) is 0. The predicted molar refractivity (Wildman–Crippen MR) is 206 cm³/mol. The fourth-order valence-corrected chi connectivity index (χ4v) is 11.7. The summed E-state index contributed by atoms with van der Waals surface area (Å²) in [6, 6.07) is 61.5. The first-order valence-electron chi connectivity index (χ1n) is 16.7. The van der Waals surface area contributed by atoms with Crippen LogP contribution in [0.3, 0.4) is 0 Å². The van der Waals surface area contributed by atoms with E-state index >= 15 is 0 Å². The maximum atomic E-state index is 5.83. The highest BCUT2D eigenvalue weighted by molar-refractivity contribution is 7.19. The van der Waals surface area contributed by atoms with Crippen molar-refractivity contribution in [1.29, 1.82) is 0 Å². The molecule has 0 aliphatic rings. The first-order chi connectivity index (χ1) is 24.8. The van der Waals surface area contributed by atoms with Crippen LogP contribution < -0.4 is 21.0 Å². The molecule has 5 nitrogen and oxygen atoms in total. The molecule has 4 aromatic heterocycles. The van der Waals surface area contributed by atoms with E-state index in [1.54, 1.807) is 0 Å². The largest absolute Gasteiger partial charge is 0.293 e. The van der Waals surface area contributed by atoms with E-state index in [1.165, 1.54) is 15.6 Å². The van der Waals surface area contributed by atoms with E-state index in [4.69, 9.17) is 19.9 Å². The zero-order valence-corrected chi connectivity index (χ0v) is 28.1. The zero-order chi connectivity index (χ0) is 33.3. The van der Waals surface area contributed by atoms with Gasteiger partial charge in [-0.25, -0.2) is 9.97 Å². The Hall–Kier alpha value is -6.50. The van der Waals surface area contributed by atoms with Crippen molar-refractivity contribution in [3.63, 3.8) is 0 Å². The maximum Gasteiger partial charge on any atom is 0.226 e. The normalized spacial score (nSPS) is 11.6. The van der Waals surface area contributed by atoms with E-state index in [-0.39, 0.29) is 0 Å². The summed E-state index contributed by atoms with van der Waals surface area (Å²) in [7, 11) is -3.15. The van der Waals surface area contributed by atoms with Crippen LogP contribution in [-0.4, -0.2) is 32.6 Å². The second kappa shape index (κ2) is 12.5. The number of hydrogen-bond acceptors (Lipinski definition) is 4. The Bertz CT molecular complexity index is 2420. The standard InChI is InChI=1S/C44H31N5Si/c1-4-18-32(19-5-1)50(33-20-6-2-7-21-33,34-22-8-3-9-23-34)44-47-42(38-27-15-17-31-46-38)41(37-26-14-16-30-45-37)43(48-44)49-39-28-12-10-24-35(39)36-25-11-13-29-40(36)49/h1-31H. The Labute approximate surface area is 291 Å². The minimum Gasteiger partial charge on any atom is -0.293 e. The molecule has 0 saturated carbocycles. The summed E-state index contributed by atoms with van der Waals surface area (Å²) in [6.07, 6.45) is 3.66. The van der Waals surface area contributed by atoms with Gasteiger partial charge in [0.25, 0.3) is 0 Å². The van der Waals surface area contributed by atoms with Gasteiger partial charge in [0.1, 0.15) is 11.1 Å². The maximum absolute atomic E-state index is 5.83. The first-order valence-corrected chi connectivity index (χ1v) is 18.7. The summed E-state index contributed by atoms with van der Waals surface area (Å²) in [5.74, 6) is 0.770. The predicted octanol–water partition coefficient (Wildman–Crippen LogP) is 7.08. The fourth-order valence-electron chi connectivity index (χ4n) is 7.32. The molecule has 0 spiro atoms. The summed E-state index contributed by atoms with van der Waals surface area (Å²) in [5.41, 5.74) is 6.02. The van der Waals surface area contributed by atoms with Crippen LogP contribution >= 0.6 is 0 Å². The summed E-state index contributed by atoms with van der Waals surface area (Å²) in [5, 5.41) is 5.91. The van der Waals surface area contributed by atoms with E-state index in [0.29, 0.717) is 0 Å². The molecule has 0 aliphatic carbocycles. The van der Waals surface area contributed by atoms with Gasteiger partial charge in [-0.2, -0.15) is 0 Å². The Morgan fingerprint density at radius 3 is 1.32 bits per heavy atom. The number of rotatable bonds is 7. The van der Waals surface area contributed by atoms with Crippen molar-refractivity contribution in [2.24, 2.45) is 0 Å². The Morgan fingerprint density at radius 1 is 0.400 bits per heavy atom. The number of fused-ring (bicyclic) bond motifs is 3. The van der Waals surface area contributed by atoms with Gasteiger partial charge in [-0.3, -0.25) is 14.5 Å². The summed E-state index contributed by atoms with van der Waals surface area (Å²) >= 11 is 0. The third kappa shape index (κ3) is 4.77. The number of benzene rings is 5. The fraction of sp³-hybridized carbons (Fsp3) is 0. The third-order valence-corrected chi connectivity index (χ3v) is 14.0. The Morgan fingerprint density at radius 2 is 0.840 bits per heavy atom. The Kier molecular flexibility index (Phi) is 7.41.